The Kier molecular flexibility index (Phi) is 4.36. The summed E-state index contributed by atoms with van der Waals surface area (Å²) in [6, 6.07) is 18.4. The van der Waals surface area contributed by atoms with Gasteiger partial charge in [0.2, 0.25) is 5.95 Å². The molecule has 1 aliphatic heterocycles. The Morgan fingerprint density at radius 1 is 1.19 bits per heavy atom. The number of piperidine rings is 1. The van der Waals surface area contributed by atoms with Crippen LogP contribution in [-0.2, 0) is 6.54 Å². The van der Waals surface area contributed by atoms with E-state index in [1.54, 1.807) is 0 Å². The van der Waals surface area contributed by atoms with E-state index in [4.69, 9.17) is 16.0 Å². The molecule has 0 unspecified atom stereocenters. The van der Waals surface area contributed by atoms with Crippen LogP contribution in [0.1, 0.15) is 24.5 Å². The minimum Gasteiger partial charge on any atom is -0.341 e. The number of hydrogen-bond acceptors (Lipinski definition) is 4. The predicted octanol–water partition coefficient (Wildman–Crippen LogP) is 3.13. The Balaban J connectivity index is 1.73. The van der Waals surface area contributed by atoms with Crippen LogP contribution in [0.4, 0.5) is 5.95 Å². The lowest BCUT2D eigenvalue weighted by molar-refractivity contribution is 0.375. The molecule has 1 fully saturated rings. The van der Waals surface area contributed by atoms with Gasteiger partial charge in [0.15, 0.2) is 0 Å². The number of hydrogen-bond donors (Lipinski definition) is 1. The molecule has 0 saturated carbocycles. The molecule has 2 aromatic carbocycles. The first kappa shape index (κ1) is 16.6. The first-order valence-electron chi connectivity index (χ1n) is 9.10. The third-order valence-corrected chi connectivity index (χ3v) is 5.36. The van der Waals surface area contributed by atoms with Gasteiger partial charge >= 0.3 is 0 Å². The second-order valence-electron chi connectivity index (χ2n) is 7.17. The van der Waals surface area contributed by atoms with Gasteiger partial charge in [-0.3, -0.25) is 0 Å². The zero-order valence-electron chi connectivity index (χ0n) is 15.0. The first-order chi connectivity index (χ1) is 12.7. The summed E-state index contributed by atoms with van der Waals surface area (Å²) in [6.45, 7) is 4.76. The molecular formula is C21H23N5. The molecule has 0 amide bonds. The maximum absolute atomic E-state index is 9.00. The Morgan fingerprint density at radius 2 is 1.96 bits per heavy atom. The molecule has 2 heterocycles. The van der Waals surface area contributed by atoms with Crippen LogP contribution >= 0.6 is 0 Å². The van der Waals surface area contributed by atoms with Crippen LogP contribution in [0, 0.1) is 17.2 Å². The van der Waals surface area contributed by atoms with Crippen molar-refractivity contribution in [2.45, 2.75) is 25.9 Å². The average molecular weight is 345 g/mol. The zero-order chi connectivity index (χ0) is 18.1. The fourth-order valence-electron chi connectivity index (χ4n) is 3.61. The van der Waals surface area contributed by atoms with Crippen molar-refractivity contribution < 1.29 is 0 Å². The molecule has 0 aliphatic carbocycles. The van der Waals surface area contributed by atoms with Gasteiger partial charge in [0.25, 0.3) is 0 Å². The largest absolute Gasteiger partial charge is 0.341 e. The summed E-state index contributed by atoms with van der Waals surface area (Å²) >= 11 is 0. The zero-order valence-corrected chi connectivity index (χ0v) is 15.0. The van der Waals surface area contributed by atoms with Crippen LogP contribution in [0.2, 0.25) is 0 Å². The number of nitriles is 1. The fourth-order valence-corrected chi connectivity index (χ4v) is 3.61. The minimum absolute atomic E-state index is 0.173. The highest BCUT2D eigenvalue weighted by Gasteiger charge is 2.26. The van der Waals surface area contributed by atoms with E-state index in [-0.39, 0.29) is 6.04 Å². The summed E-state index contributed by atoms with van der Waals surface area (Å²) in [5.41, 5.74) is 10.3. The molecule has 0 spiro atoms. The quantitative estimate of drug-likeness (QED) is 0.792. The second kappa shape index (κ2) is 6.81. The number of aromatic nitrogens is 2. The van der Waals surface area contributed by atoms with Crippen molar-refractivity contribution in [3.63, 3.8) is 0 Å². The number of fused-ring (bicyclic) bond motifs is 1. The molecule has 0 bridgehead atoms. The van der Waals surface area contributed by atoms with Crippen molar-refractivity contribution in [3.8, 4) is 6.07 Å². The molecule has 26 heavy (non-hydrogen) atoms. The Morgan fingerprint density at radius 3 is 2.69 bits per heavy atom. The Bertz CT molecular complexity index is 951. The number of anilines is 1. The molecule has 132 valence electrons. The topological polar surface area (TPSA) is 70.9 Å². The van der Waals surface area contributed by atoms with Gasteiger partial charge in [-0.15, -0.1) is 0 Å². The minimum atomic E-state index is 0.173. The van der Waals surface area contributed by atoms with Gasteiger partial charge in [0.05, 0.1) is 29.2 Å². The lowest BCUT2D eigenvalue weighted by atomic mass is 9.94. The van der Waals surface area contributed by atoms with E-state index < -0.39 is 0 Å². The average Bonchev–Trinajstić information content (AvgIpc) is 3.03. The summed E-state index contributed by atoms with van der Waals surface area (Å²) in [4.78, 5) is 7.22. The van der Waals surface area contributed by atoms with Crippen molar-refractivity contribution in [3.05, 3.63) is 59.7 Å². The highest BCUT2D eigenvalue weighted by Crippen LogP contribution is 2.27. The van der Waals surface area contributed by atoms with E-state index in [0.29, 0.717) is 11.5 Å². The van der Waals surface area contributed by atoms with Gasteiger partial charge < -0.3 is 15.2 Å². The van der Waals surface area contributed by atoms with Gasteiger partial charge in [-0.05, 0) is 42.2 Å². The maximum atomic E-state index is 9.00. The van der Waals surface area contributed by atoms with Gasteiger partial charge in [-0.25, -0.2) is 4.98 Å². The molecule has 4 rings (SSSR count). The predicted molar refractivity (Wildman–Crippen MR) is 104 cm³/mol. The number of nitrogens with zero attached hydrogens (tertiary/aromatic N) is 4. The summed E-state index contributed by atoms with van der Waals surface area (Å²) in [5.74, 6) is 1.53. The lowest BCUT2D eigenvalue weighted by Gasteiger charge is -2.36. The molecule has 1 aromatic heterocycles. The normalized spacial score (nSPS) is 20.3. The summed E-state index contributed by atoms with van der Waals surface area (Å²) < 4.78 is 2.26. The van der Waals surface area contributed by atoms with Crippen LogP contribution < -0.4 is 10.6 Å². The maximum Gasteiger partial charge on any atom is 0.206 e. The van der Waals surface area contributed by atoms with E-state index in [0.717, 1.165) is 48.6 Å². The summed E-state index contributed by atoms with van der Waals surface area (Å²) in [6.07, 6.45) is 1.08. The molecule has 1 aliphatic rings. The summed E-state index contributed by atoms with van der Waals surface area (Å²) in [5, 5.41) is 9.00. The van der Waals surface area contributed by atoms with E-state index >= 15 is 0 Å². The van der Waals surface area contributed by atoms with Gasteiger partial charge in [-0.1, -0.05) is 31.2 Å². The number of rotatable bonds is 3. The van der Waals surface area contributed by atoms with Crippen molar-refractivity contribution in [1.82, 2.24) is 9.55 Å². The van der Waals surface area contributed by atoms with Crippen LogP contribution in [-0.4, -0.2) is 28.7 Å². The molecule has 2 atom stereocenters. The third kappa shape index (κ3) is 3.04. The van der Waals surface area contributed by atoms with Crippen LogP contribution in [0.3, 0.4) is 0 Å². The highest BCUT2D eigenvalue weighted by molar-refractivity contribution is 5.79. The van der Waals surface area contributed by atoms with E-state index in [1.165, 1.54) is 0 Å². The second-order valence-corrected chi connectivity index (χ2v) is 7.17. The van der Waals surface area contributed by atoms with Crippen LogP contribution in [0.25, 0.3) is 11.0 Å². The smallest absolute Gasteiger partial charge is 0.206 e. The molecule has 5 heteroatoms. The lowest BCUT2D eigenvalue weighted by Crippen LogP contribution is -2.48. The van der Waals surface area contributed by atoms with Gasteiger partial charge in [0.1, 0.15) is 0 Å². The molecular weight excluding hydrogens is 322 g/mol. The van der Waals surface area contributed by atoms with E-state index in [2.05, 4.69) is 34.6 Å². The molecule has 0 radical (unpaired) electrons. The number of imidazole rings is 1. The van der Waals surface area contributed by atoms with Gasteiger partial charge in [-0.2, -0.15) is 5.26 Å². The first-order valence-corrected chi connectivity index (χ1v) is 9.10. The molecule has 3 aromatic rings. The molecule has 2 N–H and O–H groups in total. The SMILES string of the molecule is C[C@H]1CCN(c2nc3ccccc3n2Cc2ccc(C#N)cc2)C[C@@H]1N. The van der Waals surface area contributed by atoms with Gasteiger partial charge in [0, 0.05) is 19.1 Å². The van der Waals surface area contributed by atoms with Crippen molar-refractivity contribution in [2.75, 3.05) is 18.0 Å². The molecule has 1 saturated heterocycles. The Hall–Kier alpha value is -2.84. The Labute approximate surface area is 153 Å². The van der Waals surface area contributed by atoms with E-state index in [1.807, 2.05) is 36.4 Å². The van der Waals surface area contributed by atoms with Crippen LogP contribution in [0.5, 0.6) is 0 Å². The van der Waals surface area contributed by atoms with Crippen molar-refractivity contribution in [2.24, 2.45) is 11.7 Å². The monoisotopic (exact) mass is 345 g/mol. The number of para-hydroxylation sites is 2. The molecule has 5 nitrogen and oxygen atoms in total. The van der Waals surface area contributed by atoms with Crippen molar-refractivity contribution in [1.29, 1.82) is 5.26 Å². The number of benzene rings is 2. The van der Waals surface area contributed by atoms with Crippen molar-refractivity contribution >= 4 is 17.0 Å². The fraction of sp³-hybridized carbons (Fsp3) is 0.333. The van der Waals surface area contributed by atoms with E-state index in [9.17, 15) is 0 Å². The highest BCUT2D eigenvalue weighted by atomic mass is 15.3. The standard InChI is InChI=1S/C21H23N5/c1-15-10-11-25(14-18(15)23)21-24-19-4-2-3-5-20(19)26(21)13-17-8-6-16(12-22)7-9-17/h2-9,15,18H,10-11,13-14,23H2,1H3/t15-,18-/m0/s1. The number of nitrogens with two attached hydrogens (primary N) is 1. The van der Waals surface area contributed by atoms with Crippen LogP contribution in [0.15, 0.2) is 48.5 Å². The summed E-state index contributed by atoms with van der Waals surface area (Å²) in [7, 11) is 0. The third-order valence-electron chi connectivity index (χ3n) is 5.36.